The minimum absolute atomic E-state index is 0.675. The van der Waals surface area contributed by atoms with Gasteiger partial charge in [-0.25, -0.2) is 0 Å². The van der Waals surface area contributed by atoms with Gasteiger partial charge >= 0.3 is 0 Å². The Morgan fingerprint density at radius 3 is 2.14 bits per heavy atom. The van der Waals surface area contributed by atoms with E-state index >= 15 is 0 Å². The van der Waals surface area contributed by atoms with Crippen molar-refractivity contribution in [2.45, 2.75) is 10.6 Å². The molecule has 1 saturated heterocycles. The van der Waals surface area contributed by atoms with Crippen molar-refractivity contribution in [1.29, 1.82) is 0 Å². The highest BCUT2D eigenvalue weighted by Gasteiger charge is 2.06. The second kappa shape index (κ2) is 3.05. The highest BCUT2D eigenvalue weighted by molar-refractivity contribution is 8.19. The van der Waals surface area contributed by atoms with Crippen molar-refractivity contribution in [3.05, 3.63) is 0 Å². The molecule has 0 unspecified atom stereocenters. The van der Waals surface area contributed by atoms with Gasteiger partial charge in [0, 0.05) is 4.21 Å². The van der Waals surface area contributed by atoms with Crippen LogP contribution in [0.3, 0.4) is 0 Å². The molecule has 39 valence electrons. The van der Waals surface area contributed by atoms with Crippen LogP contribution in [0.25, 0.3) is 0 Å². The summed E-state index contributed by atoms with van der Waals surface area (Å²) >= 11 is 3.99. The van der Waals surface area contributed by atoms with Gasteiger partial charge in [-0.05, 0) is 17.9 Å². The van der Waals surface area contributed by atoms with Crippen LogP contribution in [0, 0.1) is 0 Å². The van der Waals surface area contributed by atoms with Crippen LogP contribution in [0.2, 0.25) is 0 Å². The van der Waals surface area contributed by atoms with E-state index in [2.05, 4.69) is 10.2 Å². The zero-order chi connectivity index (χ0) is 5.11. The second-order valence-corrected chi connectivity index (χ2v) is 5.57. The van der Waals surface area contributed by atoms with Gasteiger partial charge in [-0.1, -0.05) is 0 Å². The van der Waals surface area contributed by atoms with E-state index in [0.29, 0.717) is 4.21 Å². The standard InChI is InChI=1S/C4H7S2Si/c7-4-5-2-1-3-6-4/h4H,1-3H2. The Morgan fingerprint density at radius 2 is 1.86 bits per heavy atom. The molecule has 3 radical (unpaired) electrons. The minimum Gasteiger partial charge on any atom is -0.152 e. The monoisotopic (exact) mass is 147 g/mol. The maximum Gasteiger partial charge on any atom is 0.0566 e. The molecule has 1 fully saturated rings. The molecule has 1 rings (SSSR count). The first-order valence-electron chi connectivity index (χ1n) is 2.34. The first-order valence-corrected chi connectivity index (χ1v) is 5.01. The molecule has 7 heavy (non-hydrogen) atoms. The molecular formula is C4H7S2Si. The predicted molar refractivity (Wildman–Crippen MR) is 39.1 cm³/mol. The zero-order valence-electron chi connectivity index (χ0n) is 4.02. The topological polar surface area (TPSA) is 0 Å². The van der Waals surface area contributed by atoms with Crippen LogP contribution in [0.4, 0.5) is 0 Å². The Bertz CT molecular complexity index is 51.7. The summed E-state index contributed by atoms with van der Waals surface area (Å²) in [5, 5.41) is 0. The van der Waals surface area contributed by atoms with Gasteiger partial charge in [0.1, 0.15) is 0 Å². The first-order chi connectivity index (χ1) is 3.39. The average molecular weight is 147 g/mol. The maximum absolute atomic E-state index is 3.56. The highest BCUT2D eigenvalue weighted by atomic mass is 32.2. The highest BCUT2D eigenvalue weighted by Crippen LogP contribution is 2.27. The molecule has 1 aliphatic rings. The summed E-state index contributed by atoms with van der Waals surface area (Å²) in [6.07, 6.45) is 1.39. The third-order valence-electron chi connectivity index (χ3n) is 0.827. The Balaban J connectivity index is 2.12. The molecule has 0 spiro atoms. The molecule has 0 saturated carbocycles. The van der Waals surface area contributed by atoms with Crippen molar-refractivity contribution in [2.75, 3.05) is 11.5 Å². The molecule has 0 aromatic rings. The quantitative estimate of drug-likeness (QED) is 0.474. The summed E-state index contributed by atoms with van der Waals surface area (Å²) in [4.78, 5) is 0. The van der Waals surface area contributed by atoms with Crippen LogP contribution >= 0.6 is 23.5 Å². The van der Waals surface area contributed by atoms with Gasteiger partial charge in [0.05, 0.1) is 10.2 Å². The lowest BCUT2D eigenvalue weighted by Crippen LogP contribution is -2.04. The van der Waals surface area contributed by atoms with Crippen LogP contribution in [0.15, 0.2) is 0 Å². The van der Waals surface area contributed by atoms with E-state index in [1.54, 1.807) is 0 Å². The van der Waals surface area contributed by atoms with E-state index in [4.69, 9.17) is 0 Å². The molecular weight excluding hydrogens is 140 g/mol. The van der Waals surface area contributed by atoms with E-state index in [1.807, 2.05) is 23.5 Å². The third kappa shape index (κ3) is 2.10. The SMILES string of the molecule is [Si]C1SCCCS1. The average Bonchev–Trinajstić information content (AvgIpc) is 1.69. The van der Waals surface area contributed by atoms with E-state index in [9.17, 15) is 0 Å². The molecule has 1 aliphatic heterocycles. The van der Waals surface area contributed by atoms with Crippen molar-refractivity contribution in [3.8, 4) is 0 Å². The molecule has 1 heterocycles. The number of rotatable bonds is 0. The fourth-order valence-corrected chi connectivity index (χ4v) is 3.39. The van der Waals surface area contributed by atoms with Gasteiger partial charge in [-0.2, -0.15) is 23.5 Å². The molecule has 0 N–H and O–H groups in total. The van der Waals surface area contributed by atoms with Crippen LogP contribution in [-0.4, -0.2) is 26.0 Å². The smallest absolute Gasteiger partial charge is 0.0566 e. The molecule has 0 nitrogen and oxygen atoms in total. The Morgan fingerprint density at radius 1 is 1.29 bits per heavy atom. The van der Waals surface area contributed by atoms with Crippen LogP contribution in [-0.2, 0) is 0 Å². The lowest BCUT2D eigenvalue weighted by molar-refractivity contribution is 1.12. The van der Waals surface area contributed by atoms with Crippen LogP contribution in [0.1, 0.15) is 6.42 Å². The summed E-state index contributed by atoms with van der Waals surface area (Å²) in [6, 6.07) is 0. The molecule has 0 atom stereocenters. The summed E-state index contributed by atoms with van der Waals surface area (Å²) in [5.41, 5.74) is 0. The van der Waals surface area contributed by atoms with Gasteiger partial charge in [0.15, 0.2) is 0 Å². The number of hydrogen-bond donors (Lipinski definition) is 0. The lowest BCUT2D eigenvalue weighted by Gasteiger charge is -2.15. The molecule has 0 aromatic heterocycles. The molecule has 0 amide bonds. The van der Waals surface area contributed by atoms with E-state index < -0.39 is 0 Å². The summed E-state index contributed by atoms with van der Waals surface area (Å²) < 4.78 is 0.675. The van der Waals surface area contributed by atoms with E-state index in [1.165, 1.54) is 17.9 Å². The zero-order valence-corrected chi connectivity index (χ0v) is 6.65. The Hall–Kier alpha value is 0.917. The Labute approximate surface area is 56.2 Å². The largest absolute Gasteiger partial charge is 0.152 e. The van der Waals surface area contributed by atoms with Gasteiger partial charge < -0.3 is 0 Å². The maximum atomic E-state index is 3.56. The van der Waals surface area contributed by atoms with Crippen molar-refractivity contribution < 1.29 is 0 Å². The van der Waals surface area contributed by atoms with Gasteiger partial charge in [-0.3, -0.25) is 0 Å². The molecule has 0 aromatic carbocycles. The van der Waals surface area contributed by atoms with Crippen molar-refractivity contribution >= 4 is 33.8 Å². The second-order valence-electron chi connectivity index (χ2n) is 1.43. The summed E-state index contributed by atoms with van der Waals surface area (Å²) in [5.74, 6) is 2.67. The number of hydrogen-bond acceptors (Lipinski definition) is 2. The molecule has 0 aliphatic carbocycles. The van der Waals surface area contributed by atoms with Crippen LogP contribution in [0.5, 0.6) is 0 Å². The van der Waals surface area contributed by atoms with Gasteiger partial charge in [-0.15, -0.1) is 0 Å². The fraction of sp³-hybridized carbons (Fsp3) is 1.00. The molecule has 3 heteroatoms. The van der Waals surface area contributed by atoms with Crippen molar-refractivity contribution in [2.24, 2.45) is 0 Å². The van der Waals surface area contributed by atoms with E-state index in [0.717, 1.165) is 0 Å². The summed E-state index contributed by atoms with van der Waals surface area (Å²) in [6.45, 7) is 0. The van der Waals surface area contributed by atoms with Crippen molar-refractivity contribution in [3.63, 3.8) is 0 Å². The van der Waals surface area contributed by atoms with E-state index in [-0.39, 0.29) is 0 Å². The molecule has 0 bridgehead atoms. The fourth-order valence-electron chi connectivity index (χ4n) is 0.488. The third-order valence-corrected chi connectivity index (χ3v) is 4.30. The minimum atomic E-state index is 0.675. The first kappa shape index (κ1) is 6.04. The van der Waals surface area contributed by atoms with Crippen molar-refractivity contribution in [1.82, 2.24) is 0 Å². The summed E-state index contributed by atoms with van der Waals surface area (Å²) in [7, 11) is 3.56. The lowest BCUT2D eigenvalue weighted by atomic mass is 10.6. The predicted octanol–water partition coefficient (Wildman–Crippen LogP) is 1.31. The Kier molecular flexibility index (Phi) is 2.63. The normalized spacial score (nSPS) is 25.3. The van der Waals surface area contributed by atoms with Gasteiger partial charge in [0.25, 0.3) is 0 Å². The number of thioether (sulfide) groups is 2. The van der Waals surface area contributed by atoms with Crippen LogP contribution < -0.4 is 0 Å². The van der Waals surface area contributed by atoms with Gasteiger partial charge in [0.2, 0.25) is 0 Å².